The van der Waals surface area contributed by atoms with Crippen molar-refractivity contribution in [1.82, 2.24) is 0 Å². The lowest BCUT2D eigenvalue weighted by atomic mass is 9.45. The van der Waals surface area contributed by atoms with E-state index in [1.807, 2.05) is 13.8 Å². The molecule has 7 heteroatoms. The zero-order chi connectivity index (χ0) is 25.5. The Balaban J connectivity index is 1.66. The molecule has 0 saturated heterocycles. The molecule has 0 heterocycles. The number of aliphatic hydroxyl groups excluding tert-OH is 3. The SMILES string of the molecule is CC(C)(O)CC[C@@H](O)[C@](C)(O)[C@@H]1CC[C@@]2(O)C3=CC(=O)[C@@H]4C[C@@H](O)[C@@H](O)C[C@]4(C)[C@@H]3CC[C@]12C. The highest BCUT2D eigenvalue weighted by Crippen LogP contribution is 2.68. The quantitative estimate of drug-likeness (QED) is 0.353. The van der Waals surface area contributed by atoms with Crippen molar-refractivity contribution in [2.45, 2.75) is 121 Å². The van der Waals surface area contributed by atoms with E-state index in [0.29, 0.717) is 44.1 Å². The normalized spacial score (nSPS) is 47.2. The molecule has 6 N–H and O–H groups in total. The molecule has 0 amide bonds. The van der Waals surface area contributed by atoms with Gasteiger partial charge in [-0.05, 0) is 101 Å². The first-order chi connectivity index (χ1) is 15.5. The molecule has 0 spiro atoms. The van der Waals surface area contributed by atoms with E-state index in [2.05, 4.69) is 0 Å². The molecule has 0 aromatic rings. The van der Waals surface area contributed by atoms with Gasteiger partial charge in [0.05, 0.1) is 35.1 Å². The van der Waals surface area contributed by atoms with E-state index >= 15 is 0 Å². The van der Waals surface area contributed by atoms with Crippen LogP contribution in [0, 0.1) is 28.6 Å². The molecule has 0 aromatic heterocycles. The first-order valence-electron chi connectivity index (χ1n) is 12.9. The van der Waals surface area contributed by atoms with Gasteiger partial charge >= 0.3 is 0 Å². The minimum Gasteiger partial charge on any atom is -0.390 e. The third-order valence-corrected chi connectivity index (χ3v) is 10.5. The molecule has 0 unspecified atom stereocenters. The Morgan fingerprint density at radius 3 is 2.32 bits per heavy atom. The summed E-state index contributed by atoms with van der Waals surface area (Å²) in [6, 6.07) is 0. The van der Waals surface area contributed by atoms with Crippen molar-refractivity contribution < 1.29 is 35.4 Å². The van der Waals surface area contributed by atoms with Crippen molar-refractivity contribution >= 4 is 5.78 Å². The van der Waals surface area contributed by atoms with Crippen molar-refractivity contribution in [3.63, 3.8) is 0 Å². The monoisotopic (exact) mass is 480 g/mol. The van der Waals surface area contributed by atoms with E-state index in [9.17, 15) is 35.4 Å². The van der Waals surface area contributed by atoms with Gasteiger partial charge in [-0.1, -0.05) is 13.8 Å². The highest BCUT2D eigenvalue weighted by molar-refractivity contribution is 5.95. The van der Waals surface area contributed by atoms with Gasteiger partial charge in [0, 0.05) is 11.3 Å². The van der Waals surface area contributed by atoms with Crippen molar-refractivity contribution in [2.24, 2.45) is 28.6 Å². The van der Waals surface area contributed by atoms with Crippen LogP contribution in [-0.4, -0.2) is 71.5 Å². The number of carbonyl (C=O) groups excluding carboxylic acids is 1. The topological polar surface area (TPSA) is 138 Å². The Hall–Kier alpha value is -0.830. The Morgan fingerprint density at radius 1 is 1.06 bits per heavy atom. The van der Waals surface area contributed by atoms with Crippen LogP contribution in [0.25, 0.3) is 0 Å². The highest BCUT2D eigenvalue weighted by atomic mass is 16.3. The lowest BCUT2D eigenvalue weighted by Crippen LogP contribution is -2.62. The fourth-order valence-electron chi connectivity index (χ4n) is 8.32. The number of carbonyl (C=O) groups is 1. The van der Waals surface area contributed by atoms with Crippen molar-refractivity contribution in [3.8, 4) is 0 Å². The summed E-state index contributed by atoms with van der Waals surface area (Å²) in [6.07, 6.45) is 2.11. The molecule has 3 fully saturated rings. The van der Waals surface area contributed by atoms with Crippen molar-refractivity contribution in [3.05, 3.63) is 11.6 Å². The van der Waals surface area contributed by atoms with Gasteiger partial charge in [-0.25, -0.2) is 0 Å². The van der Waals surface area contributed by atoms with Crippen LogP contribution < -0.4 is 0 Å². The zero-order valence-corrected chi connectivity index (χ0v) is 21.3. The first kappa shape index (κ1) is 26.2. The molecule has 7 nitrogen and oxygen atoms in total. The predicted molar refractivity (Wildman–Crippen MR) is 127 cm³/mol. The van der Waals surface area contributed by atoms with Crippen LogP contribution in [0.2, 0.25) is 0 Å². The average molecular weight is 481 g/mol. The maximum absolute atomic E-state index is 13.2. The molecule has 4 aliphatic rings. The van der Waals surface area contributed by atoms with Crippen molar-refractivity contribution in [1.29, 1.82) is 0 Å². The van der Waals surface area contributed by atoms with Gasteiger partial charge in [-0.2, -0.15) is 0 Å². The second-order valence-corrected chi connectivity index (χ2v) is 13.2. The number of aliphatic hydroxyl groups is 6. The van der Waals surface area contributed by atoms with Gasteiger partial charge < -0.3 is 30.6 Å². The van der Waals surface area contributed by atoms with Gasteiger partial charge in [-0.15, -0.1) is 0 Å². The summed E-state index contributed by atoms with van der Waals surface area (Å²) in [5.74, 6) is -0.948. The van der Waals surface area contributed by atoms with Gasteiger partial charge in [-0.3, -0.25) is 4.79 Å². The minimum absolute atomic E-state index is 0.0840. The molecule has 0 aromatic carbocycles. The van der Waals surface area contributed by atoms with Gasteiger partial charge in [0.1, 0.15) is 0 Å². The Bertz CT molecular complexity index is 860. The van der Waals surface area contributed by atoms with E-state index in [1.54, 1.807) is 26.8 Å². The minimum atomic E-state index is -1.46. The van der Waals surface area contributed by atoms with E-state index < -0.39 is 45.9 Å². The molecule has 194 valence electrons. The molecule has 10 atom stereocenters. The molecular formula is C27H44O7. The summed E-state index contributed by atoms with van der Waals surface area (Å²) in [4.78, 5) is 13.2. The van der Waals surface area contributed by atoms with E-state index in [0.717, 1.165) is 0 Å². The summed E-state index contributed by atoms with van der Waals surface area (Å²) >= 11 is 0. The standard InChI is InChI=1S/C27H44O7/c1-23(2,32)9-8-22(31)26(5,33)21-7-11-27(34)16-12-18(28)17-13-19(29)20(30)14-24(17,3)15(16)6-10-25(21,27)4/h12,15,17,19-22,29-34H,6-11,13-14H2,1-5H3/t15-,17+,19-,20+,21-,22-,24-,25-,26-,27-/m1/s1. The van der Waals surface area contributed by atoms with E-state index in [4.69, 9.17) is 0 Å². The number of ketones is 1. The Kier molecular flexibility index (Phi) is 6.24. The second-order valence-electron chi connectivity index (χ2n) is 13.2. The molecule has 4 aliphatic carbocycles. The van der Waals surface area contributed by atoms with E-state index in [-0.39, 0.29) is 36.4 Å². The van der Waals surface area contributed by atoms with Crippen LogP contribution in [0.15, 0.2) is 11.6 Å². The maximum Gasteiger partial charge on any atom is 0.159 e. The number of hydrogen-bond donors (Lipinski definition) is 6. The highest BCUT2D eigenvalue weighted by Gasteiger charge is 2.69. The van der Waals surface area contributed by atoms with Gasteiger partial charge in [0.2, 0.25) is 0 Å². The van der Waals surface area contributed by atoms with Gasteiger partial charge in [0.15, 0.2) is 5.78 Å². The molecule has 0 bridgehead atoms. The third kappa shape index (κ3) is 3.73. The maximum atomic E-state index is 13.2. The third-order valence-electron chi connectivity index (χ3n) is 10.5. The second kappa shape index (κ2) is 8.09. The van der Waals surface area contributed by atoms with Crippen LogP contribution >= 0.6 is 0 Å². The molecule has 4 rings (SSSR count). The molecular weight excluding hydrogens is 436 g/mol. The average Bonchev–Trinajstić information content (AvgIpc) is 3.00. The van der Waals surface area contributed by atoms with E-state index in [1.165, 1.54) is 0 Å². The number of hydrogen-bond acceptors (Lipinski definition) is 7. The Labute approximate surface area is 202 Å². The lowest BCUT2D eigenvalue weighted by molar-refractivity contribution is -0.177. The summed E-state index contributed by atoms with van der Waals surface area (Å²) in [5.41, 5.74) is -4.27. The molecule has 3 saturated carbocycles. The van der Waals surface area contributed by atoms with Crippen LogP contribution in [0.4, 0.5) is 0 Å². The van der Waals surface area contributed by atoms with Crippen molar-refractivity contribution in [2.75, 3.05) is 0 Å². The fraction of sp³-hybridized carbons (Fsp3) is 0.889. The Morgan fingerprint density at radius 2 is 1.71 bits per heavy atom. The van der Waals surface area contributed by atoms with Crippen LogP contribution in [0.1, 0.15) is 86.0 Å². The molecule has 0 aliphatic heterocycles. The van der Waals surface area contributed by atoms with Gasteiger partial charge in [0.25, 0.3) is 0 Å². The van der Waals surface area contributed by atoms with Crippen LogP contribution in [-0.2, 0) is 4.79 Å². The molecule has 34 heavy (non-hydrogen) atoms. The molecule has 0 radical (unpaired) electrons. The smallest absolute Gasteiger partial charge is 0.159 e. The summed E-state index contributed by atoms with van der Waals surface area (Å²) < 4.78 is 0. The zero-order valence-electron chi connectivity index (χ0n) is 21.3. The lowest BCUT2D eigenvalue weighted by Gasteiger charge is -2.60. The number of fused-ring (bicyclic) bond motifs is 5. The number of allylic oxidation sites excluding steroid dienone is 1. The first-order valence-corrected chi connectivity index (χ1v) is 12.9. The van der Waals surface area contributed by atoms with Crippen LogP contribution in [0.3, 0.4) is 0 Å². The summed E-state index contributed by atoms with van der Waals surface area (Å²) in [5, 5.41) is 65.5. The summed E-state index contributed by atoms with van der Waals surface area (Å²) in [6.45, 7) is 8.96. The largest absolute Gasteiger partial charge is 0.390 e. The van der Waals surface area contributed by atoms with Crippen LogP contribution in [0.5, 0.6) is 0 Å². The predicted octanol–water partition coefficient (Wildman–Crippen LogP) is 1.85. The number of rotatable bonds is 5. The fourth-order valence-corrected chi connectivity index (χ4v) is 8.32. The summed E-state index contributed by atoms with van der Waals surface area (Å²) in [7, 11) is 0.